The highest BCUT2D eigenvalue weighted by Crippen LogP contribution is 2.13. The largest absolute Gasteiger partial charge is 0.380 e. The minimum atomic E-state index is -0.235. The number of carbonyl (C=O) groups excluding carboxylic acids is 1. The van der Waals surface area contributed by atoms with E-state index in [2.05, 4.69) is 22.1 Å². The zero-order valence-corrected chi connectivity index (χ0v) is 14.4. The lowest BCUT2D eigenvalue weighted by atomic mass is 10.2. The fourth-order valence-electron chi connectivity index (χ4n) is 2.89. The van der Waals surface area contributed by atoms with Crippen molar-refractivity contribution in [2.24, 2.45) is 0 Å². The molecular weight excluding hydrogens is 319 g/mol. The average molecular weight is 342 g/mol. The Hall–Kier alpha value is -2.47. The molecule has 1 fully saturated rings. The van der Waals surface area contributed by atoms with E-state index < -0.39 is 0 Å². The van der Waals surface area contributed by atoms with Crippen molar-refractivity contribution in [3.63, 3.8) is 0 Å². The second-order valence-electron chi connectivity index (χ2n) is 6.10. The number of nitrogens with one attached hydrogen (secondary N) is 1. The molecule has 6 heteroatoms. The van der Waals surface area contributed by atoms with Crippen LogP contribution >= 0.6 is 0 Å². The number of pyridine rings is 1. The first-order valence-electron chi connectivity index (χ1n) is 8.62. The minimum absolute atomic E-state index is 0.0311. The van der Waals surface area contributed by atoms with E-state index in [0.29, 0.717) is 17.8 Å². The van der Waals surface area contributed by atoms with Gasteiger partial charge in [-0.25, -0.2) is 9.37 Å². The third kappa shape index (κ3) is 4.33. The van der Waals surface area contributed by atoms with E-state index in [1.54, 1.807) is 30.5 Å². The van der Waals surface area contributed by atoms with E-state index in [1.807, 2.05) is 11.0 Å². The Bertz CT molecular complexity index is 712. The Balaban J connectivity index is 1.57. The van der Waals surface area contributed by atoms with Gasteiger partial charge >= 0.3 is 0 Å². The molecule has 1 N–H and O–H groups in total. The van der Waals surface area contributed by atoms with E-state index in [1.165, 1.54) is 6.07 Å². The van der Waals surface area contributed by atoms with Crippen LogP contribution in [0.3, 0.4) is 0 Å². The number of amides is 1. The highest BCUT2D eigenvalue weighted by atomic mass is 19.1. The van der Waals surface area contributed by atoms with Crippen LogP contribution in [0.5, 0.6) is 0 Å². The monoisotopic (exact) mass is 342 g/mol. The second kappa shape index (κ2) is 8.07. The number of halogens is 1. The van der Waals surface area contributed by atoms with E-state index in [0.717, 1.165) is 38.4 Å². The van der Waals surface area contributed by atoms with Crippen molar-refractivity contribution in [2.75, 3.05) is 38.0 Å². The molecule has 0 spiro atoms. The SMILES string of the molecule is CCN1CCN(C(=O)c2ccc(NCc3ccccc3F)cn2)CC1. The normalized spacial score (nSPS) is 15.2. The first kappa shape index (κ1) is 17.4. The number of hydrogen-bond donors (Lipinski definition) is 1. The molecule has 1 saturated heterocycles. The smallest absolute Gasteiger partial charge is 0.272 e. The molecule has 1 aromatic carbocycles. The number of piperazine rings is 1. The molecule has 0 radical (unpaired) electrons. The number of likely N-dealkylation sites (N-methyl/N-ethyl adjacent to an activating group) is 1. The van der Waals surface area contributed by atoms with Gasteiger partial charge in [-0.15, -0.1) is 0 Å². The Kier molecular flexibility index (Phi) is 5.60. The van der Waals surface area contributed by atoms with Crippen molar-refractivity contribution in [1.29, 1.82) is 0 Å². The fraction of sp³-hybridized carbons (Fsp3) is 0.368. The zero-order chi connectivity index (χ0) is 17.6. The van der Waals surface area contributed by atoms with Gasteiger partial charge in [0.15, 0.2) is 0 Å². The molecule has 0 saturated carbocycles. The number of aromatic nitrogens is 1. The van der Waals surface area contributed by atoms with Crippen molar-refractivity contribution in [2.45, 2.75) is 13.5 Å². The quantitative estimate of drug-likeness (QED) is 0.907. The summed E-state index contributed by atoms with van der Waals surface area (Å²) >= 11 is 0. The average Bonchev–Trinajstić information content (AvgIpc) is 2.67. The highest BCUT2D eigenvalue weighted by Gasteiger charge is 2.21. The standard InChI is InChI=1S/C19H23FN4O/c1-2-23-9-11-24(12-10-23)19(25)18-8-7-16(14-22-18)21-13-15-5-3-4-6-17(15)20/h3-8,14,21H,2,9-13H2,1H3. The molecule has 2 heterocycles. The Morgan fingerprint density at radius 1 is 1.16 bits per heavy atom. The zero-order valence-electron chi connectivity index (χ0n) is 14.4. The molecule has 1 aliphatic rings. The van der Waals surface area contributed by atoms with Gasteiger partial charge in [0.05, 0.1) is 11.9 Å². The third-order valence-electron chi connectivity index (χ3n) is 4.53. The summed E-state index contributed by atoms with van der Waals surface area (Å²) in [6.07, 6.45) is 1.62. The van der Waals surface area contributed by atoms with Crippen LogP contribution in [0.4, 0.5) is 10.1 Å². The van der Waals surface area contributed by atoms with Gasteiger partial charge in [0.1, 0.15) is 11.5 Å². The van der Waals surface area contributed by atoms with Crippen molar-refractivity contribution in [1.82, 2.24) is 14.8 Å². The van der Waals surface area contributed by atoms with Crippen LogP contribution in [0.2, 0.25) is 0 Å². The molecule has 25 heavy (non-hydrogen) atoms. The van der Waals surface area contributed by atoms with Gasteiger partial charge in [0, 0.05) is 38.3 Å². The van der Waals surface area contributed by atoms with Crippen LogP contribution in [0, 0.1) is 5.82 Å². The first-order valence-corrected chi connectivity index (χ1v) is 8.62. The molecule has 1 aliphatic heterocycles. The van der Waals surface area contributed by atoms with Gasteiger partial charge < -0.3 is 15.1 Å². The predicted octanol–water partition coefficient (Wildman–Crippen LogP) is 2.61. The molecular formula is C19H23FN4O. The lowest BCUT2D eigenvalue weighted by Crippen LogP contribution is -2.48. The second-order valence-corrected chi connectivity index (χ2v) is 6.10. The lowest BCUT2D eigenvalue weighted by Gasteiger charge is -2.33. The summed E-state index contributed by atoms with van der Waals surface area (Å²) in [5.41, 5.74) is 1.80. The summed E-state index contributed by atoms with van der Waals surface area (Å²) in [6.45, 7) is 6.81. The molecule has 132 valence electrons. The number of rotatable bonds is 5. The number of benzene rings is 1. The summed E-state index contributed by atoms with van der Waals surface area (Å²) in [7, 11) is 0. The topological polar surface area (TPSA) is 48.5 Å². The van der Waals surface area contributed by atoms with Crippen LogP contribution in [0.1, 0.15) is 23.0 Å². The van der Waals surface area contributed by atoms with Crippen molar-refractivity contribution in [3.8, 4) is 0 Å². The third-order valence-corrected chi connectivity index (χ3v) is 4.53. The summed E-state index contributed by atoms with van der Waals surface area (Å²) in [5.74, 6) is -0.266. The van der Waals surface area contributed by atoms with Crippen LogP contribution in [-0.4, -0.2) is 53.4 Å². The van der Waals surface area contributed by atoms with Gasteiger partial charge in [0.2, 0.25) is 0 Å². The van der Waals surface area contributed by atoms with Gasteiger partial charge in [-0.2, -0.15) is 0 Å². The van der Waals surface area contributed by atoms with Crippen LogP contribution < -0.4 is 5.32 Å². The summed E-state index contributed by atoms with van der Waals surface area (Å²) in [5, 5.41) is 3.13. The molecule has 5 nitrogen and oxygen atoms in total. The fourth-order valence-corrected chi connectivity index (χ4v) is 2.89. The number of anilines is 1. The first-order chi connectivity index (χ1) is 12.2. The van der Waals surface area contributed by atoms with Crippen molar-refractivity contribution < 1.29 is 9.18 Å². The Morgan fingerprint density at radius 2 is 1.92 bits per heavy atom. The van der Waals surface area contributed by atoms with Crippen LogP contribution in [-0.2, 0) is 6.54 Å². The summed E-state index contributed by atoms with van der Waals surface area (Å²) in [4.78, 5) is 20.9. The number of nitrogens with zero attached hydrogens (tertiary/aromatic N) is 3. The molecule has 3 rings (SSSR count). The van der Waals surface area contributed by atoms with Gasteiger partial charge in [-0.1, -0.05) is 25.1 Å². The van der Waals surface area contributed by atoms with Gasteiger partial charge in [-0.05, 0) is 24.7 Å². The predicted molar refractivity (Wildman–Crippen MR) is 96.0 cm³/mol. The molecule has 0 aliphatic carbocycles. The number of carbonyl (C=O) groups is 1. The maximum Gasteiger partial charge on any atom is 0.272 e. The van der Waals surface area contributed by atoms with E-state index >= 15 is 0 Å². The van der Waals surface area contributed by atoms with E-state index in [4.69, 9.17) is 0 Å². The molecule has 2 aromatic rings. The molecule has 0 bridgehead atoms. The number of hydrogen-bond acceptors (Lipinski definition) is 4. The Labute approximate surface area is 147 Å². The molecule has 1 amide bonds. The molecule has 0 atom stereocenters. The van der Waals surface area contributed by atoms with Crippen molar-refractivity contribution >= 4 is 11.6 Å². The van der Waals surface area contributed by atoms with Gasteiger partial charge in [-0.3, -0.25) is 4.79 Å². The molecule has 0 unspecified atom stereocenters. The molecule has 1 aromatic heterocycles. The maximum absolute atomic E-state index is 13.6. The van der Waals surface area contributed by atoms with Crippen LogP contribution in [0.25, 0.3) is 0 Å². The highest BCUT2D eigenvalue weighted by molar-refractivity contribution is 5.92. The lowest BCUT2D eigenvalue weighted by molar-refractivity contribution is 0.0637. The minimum Gasteiger partial charge on any atom is -0.380 e. The maximum atomic E-state index is 13.6. The Morgan fingerprint density at radius 3 is 2.56 bits per heavy atom. The van der Waals surface area contributed by atoms with Crippen molar-refractivity contribution in [3.05, 3.63) is 59.7 Å². The van der Waals surface area contributed by atoms with Gasteiger partial charge in [0.25, 0.3) is 5.91 Å². The van der Waals surface area contributed by atoms with E-state index in [-0.39, 0.29) is 11.7 Å². The summed E-state index contributed by atoms with van der Waals surface area (Å²) in [6, 6.07) is 10.2. The summed E-state index contributed by atoms with van der Waals surface area (Å²) < 4.78 is 13.6. The van der Waals surface area contributed by atoms with E-state index in [9.17, 15) is 9.18 Å². The van der Waals surface area contributed by atoms with Crippen LogP contribution in [0.15, 0.2) is 42.6 Å².